The Labute approximate surface area is 127 Å². The Morgan fingerprint density at radius 3 is 2.95 bits per heavy atom. The van der Waals surface area contributed by atoms with Gasteiger partial charge in [0.25, 0.3) is 0 Å². The van der Waals surface area contributed by atoms with Crippen molar-refractivity contribution in [3.8, 4) is 0 Å². The van der Waals surface area contributed by atoms with E-state index in [0.717, 1.165) is 32.7 Å². The number of morpholine rings is 1. The smallest absolute Gasteiger partial charge is 0.0897 e. The van der Waals surface area contributed by atoms with Gasteiger partial charge in [-0.15, -0.1) is 11.3 Å². The first-order valence-corrected chi connectivity index (χ1v) is 8.75. The van der Waals surface area contributed by atoms with Gasteiger partial charge in [0, 0.05) is 18.0 Å². The molecule has 0 saturated carbocycles. The maximum Gasteiger partial charge on any atom is 0.0897 e. The van der Waals surface area contributed by atoms with Crippen LogP contribution in [0.2, 0.25) is 0 Å². The highest BCUT2D eigenvalue weighted by Gasteiger charge is 2.29. The lowest BCUT2D eigenvalue weighted by molar-refractivity contribution is -0.0470. The zero-order chi connectivity index (χ0) is 14.4. The molecule has 2 unspecified atom stereocenters. The third-order valence-electron chi connectivity index (χ3n) is 3.94. The van der Waals surface area contributed by atoms with Gasteiger partial charge in [0.05, 0.1) is 18.8 Å². The minimum absolute atomic E-state index is 0.273. The number of ether oxygens (including phenoxy) is 1. The minimum Gasteiger partial charge on any atom is -0.374 e. The second kappa shape index (κ2) is 8.13. The Hall–Kier alpha value is -0.420. The number of nitrogens with one attached hydrogen (secondary N) is 1. The van der Waals surface area contributed by atoms with E-state index in [1.165, 1.54) is 23.4 Å². The number of hydrogen-bond donors (Lipinski definition) is 1. The molecule has 1 aliphatic heterocycles. The molecule has 0 aromatic carbocycles. The van der Waals surface area contributed by atoms with Crippen molar-refractivity contribution < 1.29 is 4.74 Å². The fourth-order valence-corrected chi connectivity index (χ4v) is 3.66. The van der Waals surface area contributed by atoms with Crippen LogP contribution in [0.1, 0.15) is 43.2 Å². The van der Waals surface area contributed by atoms with Gasteiger partial charge in [0.15, 0.2) is 0 Å². The topological polar surface area (TPSA) is 24.5 Å². The number of nitrogens with zero attached hydrogens (tertiary/aromatic N) is 1. The van der Waals surface area contributed by atoms with Crippen LogP contribution >= 0.6 is 11.3 Å². The summed E-state index contributed by atoms with van der Waals surface area (Å²) in [5, 5.41) is 5.89. The summed E-state index contributed by atoms with van der Waals surface area (Å²) in [6, 6.07) is 2.59. The van der Waals surface area contributed by atoms with Crippen molar-refractivity contribution >= 4 is 11.3 Å². The summed E-state index contributed by atoms with van der Waals surface area (Å²) < 4.78 is 6.09. The lowest BCUT2D eigenvalue weighted by Gasteiger charge is -2.37. The number of thiophene rings is 1. The van der Waals surface area contributed by atoms with E-state index in [4.69, 9.17) is 4.74 Å². The molecule has 0 spiro atoms. The van der Waals surface area contributed by atoms with Crippen molar-refractivity contribution in [1.29, 1.82) is 0 Å². The van der Waals surface area contributed by atoms with Gasteiger partial charge in [-0.05, 0) is 49.9 Å². The van der Waals surface area contributed by atoms with E-state index in [1.54, 1.807) is 0 Å². The van der Waals surface area contributed by atoms with Crippen LogP contribution in [0.25, 0.3) is 0 Å². The molecule has 2 atom stereocenters. The van der Waals surface area contributed by atoms with Crippen LogP contribution in [0.15, 0.2) is 11.4 Å². The molecule has 0 amide bonds. The first-order chi connectivity index (χ1) is 9.76. The fraction of sp³-hybridized carbons (Fsp3) is 0.750. The monoisotopic (exact) mass is 296 g/mol. The van der Waals surface area contributed by atoms with Gasteiger partial charge in [-0.2, -0.15) is 0 Å². The largest absolute Gasteiger partial charge is 0.374 e. The van der Waals surface area contributed by atoms with E-state index in [0.29, 0.717) is 6.04 Å². The molecule has 0 aliphatic carbocycles. The molecule has 2 rings (SSSR count). The van der Waals surface area contributed by atoms with Crippen molar-refractivity contribution in [2.75, 3.05) is 32.8 Å². The lowest BCUT2D eigenvalue weighted by atomic mass is 10.0. The predicted molar refractivity (Wildman–Crippen MR) is 86.6 cm³/mol. The standard InChI is InChI=1S/C16H28N2OS/c1-4-7-17-16(14-6-11-20-13(14)3)15-12-18(8-5-2)9-10-19-15/h6,11,15-17H,4-5,7-10,12H2,1-3H3. The number of rotatable bonds is 7. The minimum atomic E-state index is 0.273. The van der Waals surface area contributed by atoms with Crippen molar-refractivity contribution in [3.05, 3.63) is 21.9 Å². The van der Waals surface area contributed by atoms with E-state index in [1.807, 2.05) is 11.3 Å². The normalized spacial score (nSPS) is 22.1. The zero-order valence-electron chi connectivity index (χ0n) is 13.0. The second-order valence-electron chi connectivity index (χ2n) is 5.57. The highest BCUT2D eigenvalue weighted by Crippen LogP contribution is 2.28. The van der Waals surface area contributed by atoms with Crippen molar-refractivity contribution in [2.45, 2.75) is 45.8 Å². The van der Waals surface area contributed by atoms with Crippen molar-refractivity contribution in [3.63, 3.8) is 0 Å². The molecule has 0 radical (unpaired) electrons. The molecule has 1 aromatic rings. The van der Waals surface area contributed by atoms with Crippen LogP contribution < -0.4 is 5.32 Å². The summed E-state index contributed by atoms with van der Waals surface area (Å²) in [6.07, 6.45) is 2.65. The van der Waals surface area contributed by atoms with Gasteiger partial charge >= 0.3 is 0 Å². The highest BCUT2D eigenvalue weighted by molar-refractivity contribution is 7.10. The molecule has 1 aromatic heterocycles. The summed E-state index contributed by atoms with van der Waals surface area (Å²) in [5.74, 6) is 0. The summed E-state index contributed by atoms with van der Waals surface area (Å²) in [4.78, 5) is 3.95. The maximum absolute atomic E-state index is 6.09. The molecule has 1 fully saturated rings. The van der Waals surface area contributed by atoms with E-state index in [9.17, 15) is 0 Å². The molecule has 0 bridgehead atoms. The van der Waals surface area contributed by atoms with Crippen LogP contribution in [0.5, 0.6) is 0 Å². The molecule has 3 nitrogen and oxygen atoms in total. The number of aryl methyl sites for hydroxylation is 1. The molecule has 1 saturated heterocycles. The quantitative estimate of drug-likeness (QED) is 0.836. The van der Waals surface area contributed by atoms with Crippen molar-refractivity contribution in [2.24, 2.45) is 0 Å². The first-order valence-electron chi connectivity index (χ1n) is 7.87. The van der Waals surface area contributed by atoms with Crippen LogP contribution in [-0.4, -0.2) is 43.8 Å². The Kier molecular flexibility index (Phi) is 6.49. The highest BCUT2D eigenvalue weighted by atomic mass is 32.1. The van der Waals surface area contributed by atoms with E-state index >= 15 is 0 Å². The Morgan fingerprint density at radius 1 is 1.45 bits per heavy atom. The Balaban J connectivity index is 2.07. The average Bonchev–Trinajstić information content (AvgIpc) is 2.87. The third kappa shape index (κ3) is 4.04. The molecule has 2 heterocycles. The molecular weight excluding hydrogens is 268 g/mol. The summed E-state index contributed by atoms with van der Waals surface area (Å²) >= 11 is 1.83. The van der Waals surface area contributed by atoms with Crippen LogP contribution in [0.4, 0.5) is 0 Å². The predicted octanol–water partition coefficient (Wildman–Crippen LogP) is 3.21. The van der Waals surface area contributed by atoms with Crippen LogP contribution in [0.3, 0.4) is 0 Å². The molecule has 20 heavy (non-hydrogen) atoms. The van der Waals surface area contributed by atoms with Crippen LogP contribution in [-0.2, 0) is 4.74 Å². The summed E-state index contributed by atoms with van der Waals surface area (Å²) in [6.45, 7) is 11.9. The maximum atomic E-state index is 6.09. The van der Waals surface area contributed by atoms with Gasteiger partial charge in [-0.3, -0.25) is 4.90 Å². The van der Waals surface area contributed by atoms with Gasteiger partial charge in [-0.1, -0.05) is 13.8 Å². The van der Waals surface area contributed by atoms with Gasteiger partial charge < -0.3 is 10.1 Å². The molecule has 4 heteroatoms. The third-order valence-corrected chi connectivity index (χ3v) is 4.80. The van der Waals surface area contributed by atoms with Crippen LogP contribution in [0, 0.1) is 6.92 Å². The summed E-state index contributed by atoms with van der Waals surface area (Å²) in [5.41, 5.74) is 1.42. The van der Waals surface area contributed by atoms with E-state index < -0.39 is 0 Å². The van der Waals surface area contributed by atoms with E-state index in [2.05, 4.69) is 42.4 Å². The van der Waals surface area contributed by atoms with Gasteiger partial charge in [-0.25, -0.2) is 0 Å². The van der Waals surface area contributed by atoms with E-state index in [-0.39, 0.29) is 6.10 Å². The number of hydrogen-bond acceptors (Lipinski definition) is 4. The average molecular weight is 296 g/mol. The Morgan fingerprint density at radius 2 is 2.30 bits per heavy atom. The Bertz CT molecular complexity index is 392. The lowest BCUT2D eigenvalue weighted by Crippen LogP contribution is -2.48. The van der Waals surface area contributed by atoms with Gasteiger partial charge in [0.1, 0.15) is 0 Å². The zero-order valence-corrected chi connectivity index (χ0v) is 13.8. The second-order valence-corrected chi connectivity index (χ2v) is 6.69. The molecule has 114 valence electrons. The first kappa shape index (κ1) is 16.0. The molecular formula is C16H28N2OS. The van der Waals surface area contributed by atoms with Crippen molar-refractivity contribution in [1.82, 2.24) is 10.2 Å². The summed E-state index contributed by atoms with van der Waals surface area (Å²) in [7, 11) is 0. The SMILES string of the molecule is CCCNC(c1ccsc1C)C1CN(CCC)CCO1. The molecule has 1 N–H and O–H groups in total. The molecule has 1 aliphatic rings. The van der Waals surface area contributed by atoms with Gasteiger partial charge in [0.2, 0.25) is 0 Å². The fourth-order valence-electron chi connectivity index (χ4n) is 2.91.